The lowest BCUT2D eigenvalue weighted by Crippen LogP contribution is -2.05. The standard InChI is InChI=1S/C18H14N2O3/c21-16-2-1-14(10-18(16)23)17(22)11-15-9-13(5-8-20-15)12-3-6-19-7-4-12/h1-10,21,23H,11H2. The summed E-state index contributed by atoms with van der Waals surface area (Å²) in [5.74, 6) is -0.742. The molecule has 23 heavy (non-hydrogen) atoms. The number of ketones is 1. The van der Waals surface area contributed by atoms with Crippen LogP contribution < -0.4 is 0 Å². The van der Waals surface area contributed by atoms with Gasteiger partial charge in [0.05, 0.1) is 6.42 Å². The van der Waals surface area contributed by atoms with E-state index in [1.807, 2.05) is 24.3 Å². The van der Waals surface area contributed by atoms with Gasteiger partial charge in [0.1, 0.15) is 0 Å². The van der Waals surface area contributed by atoms with Crippen molar-refractivity contribution >= 4 is 5.78 Å². The highest BCUT2D eigenvalue weighted by Crippen LogP contribution is 2.25. The number of carbonyl (C=O) groups excluding carboxylic acids is 1. The maximum Gasteiger partial charge on any atom is 0.168 e. The van der Waals surface area contributed by atoms with Gasteiger partial charge in [0.2, 0.25) is 0 Å². The summed E-state index contributed by atoms with van der Waals surface area (Å²) in [7, 11) is 0. The molecule has 0 atom stereocenters. The summed E-state index contributed by atoms with van der Waals surface area (Å²) < 4.78 is 0. The summed E-state index contributed by atoms with van der Waals surface area (Å²) in [6, 6.07) is 11.5. The highest BCUT2D eigenvalue weighted by molar-refractivity contribution is 5.98. The fraction of sp³-hybridized carbons (Fsp3) is 0.0556. The number of pyridine rings is 2. The second-order valence-electron chi connectivity index (χ2n) is 5.08. The zero-order valence-electron chi connectivity index (χ0n) is 12.2. The largest absolute Gasteiger partial charge is 0.504 e. The van der Waals surface area contributed by atoms with Crippen molar-refractivity contribution in [2.24, 2.45) is 0 Å². The molecule has 0 unspecified atom stereocenters. The topological polar surface area (TPSA) is 83.3 Å². The van der Waals surface area contributed by atoms with Gasteiger partial charge in [-0.15, -0.1) is 0 Å². The van der Waals surface area contributed by atoms with E-state index >= 15 is 0 Å². The third-order valence-electron chi connectivity index (χ3n) is 3.47. The molecule has 0 aliphatic rings. The molecule has 114 valence electrons. The Kier molecular flexibility index (Phi) is 4.01. The van der Waals surface area contributed by atoms with Gasteiger partial charge in [-0.2, -0.15) is 0 Å². The lowest BCUT2D eigenvalue weighted by molar-refractivity contribution is 0.0991. The molecule has 0 saturated carbocycles. The molecule has 0 fully saturated rings. The highest BCUT2D eigenvalue weighted by atomic mass is 16.3. The molecule has 0 aliphatic heterocycles. The van der Waals surface area contributed by atoms with E-state index in [1.165, 1.54) is 18.2 Å². The van der Waals surface area contributed by atoms with Crippen molar-refractivity contribution in [3.63, 3.8) is 0 Å². The van der Waals surface area contributed by atoms with E-state index in [2.05, 4.69) is 9.97 Å². The van der Waals surface area contributed by atoms with E-state index < -0.39 is 0 Å². The number of benzene rings is 1. The Morgan fingerprint density at radius 3 is 2.35 bits per heavy atom. The van der Waals surface area contributed by atoms with Crippen molar-refractivity contribution in [2.45, 2.75) is 6.42 Å². The van der Waals surface area contributed by atoms with Crippen LogP contribution in [-0.4, -0.2) is 26.0 Å². The van der Waals surface area contributed by atoms with E-state index in [0.29, 0.717) is 11.3 Å². The lowest BCUT2D eigenvalue weighted by Gasteiger charge is -2.05. The van der Waals surface area contributed by atoms with Gasteiger partial charge in [-0.1, -0.05) is 0 Å². The van der Waals surface area contributed by atoms with Gasteiger partial charge in [-0.3, -0.25) is 14.8 Å². The van der Waals surface area contributed by atoms with E-state index in [0.717, 1.165) is 11.1 Å². The molecular weight excluding hydrogens is 292 g/mol. The second-order valence-corrected chi connectivity index (χ2v) is 5.08. The summed E-state index contributed by atoms with van der Waals surface area (Å²) in [5.41, 5.74) is 2.92. The Morgan fingerprint density at radius 1 is 0.870 bits per heavy atom. The number of nitrogens with zero attached hydrogens (tertiary/aromatic N) is 2. The monoisotopic (exact) mass is 306 g/mol. The van der Waals surface area contributed by atoms with E-state index in [4.69, 9.17) is 0 Å². The molecule has 2 aromatic heterocycles. The first kappa shape index (κ1) is 14.7. The van der Waals surface area contributed by atoms with Crippen molar-refractivity contribution in [1.82, 2.24) is 9.97 Å². The third-order valence-corrected chi connectivity index (χ3v) is 3.47. The van der Waals surface area contributed by atoms with Crippen LogP contribution in [0.5, 0.6) is 11.5 Å². The molecule has 2 heterocycles. The highest BCUT2D eigenvalue weighted by Gasteiger charge is 2.11. The fourth-order valence-electron chi connectivity index (χ4n) is 2.26. The Hall–Kier alpha value is -3.21. The maximum absolute atomic E-state index is 12.3. The van der Waals surface area contributed by atoms with Gasteiger partial charge in [-0.05, 0) is 53.6 Å². The minimum absolute atomic E-state index is 0.114. The second kappa shape index (κ2) is 6.27. The van der Waals surface area contributed by atoms with Gasteiger partial charge in [0, 0.05) is 29.8 Å². The molecular formula is C18H14N2O3. The normalized spacial score (nSPS) is 10.4. The van der Waals surface area contributed by atoms with Crippen LogP contribution in [0.4, 0.5) is 0 Å². The quantitative estimate of drug-likeness (QED) is 0.572. The molecule has 0 radical (unpaired) electrons. The molecule has 0 amide bonds. The van der Waals surface area contributed by atoms with Crippen LogP contribution in [0.1, 0.15) is 16.1 Å². The van der Waals surface area contributed by atoms with Crippen LogP contribution in [0, 0.1) is 0 Å². The van der Waals surface area contributed by atoms with E-state index in [1.54, 1.807) is 18.6 Å². The van der Waals surface area contributed by atoms with Crippen molar-refractivity contribution < 1.29 is 15.0 Å². The van der Waals surface area contributed by atoms with Crippen LogP contribution in [-0.2, 0) is 6.42 Å². The predicted molar refractivity (Wildman–Crippen MR) is 85.3 cm³/mol. The third kappa shape index (κ3) is 3.35. The minimum Gasteiger partial charge on any atom is -0.504 e. The number of carbonyl (C=O) groups is 1. The SMILES string of the molecule is O=C(Cc1cc(-c2ccncc2)ccn1)c1ccc(O)c(O)c1. The van der Waals surface area contributed by atoms with E-state index in [9.17, 15) is 15.0 Å². The summed E-state index contributed by atoms with van der Waals surface area (Å²) in [6.45, 7) is 0. The Bertz CT molecular complexity index is 848. The smallest absolute Gasteiger partial charge is 0.168 e. The van der Waals surface area contributed by atoms with Gasteiger partial charge in [-0.25, -0.2) is 0 Å². The Labute approximate surface area is 132 Å². The first-order valence-electron chi connectivity index (χ1n) is 7.04. The molecule has 5 heteroatoms. The van der Waals surface area contributed by atoms with Crippen LogP contribution in [0.3, 0.4) is 0 Å². The number of hydrogen-bond donors (Lipinski definition) is 2. The minimum atomic E-state index is -0.311. The van der Waals surface area contributed by atoms with E-state index in [-0.39, 0.29) is 23.7 Å². The van der Waals surface area contributed by atoms with Crippen molar-refractivity contribution in [3.05, 3.63) is 72.3 Å². The number of phenolic OH excluding ortho intramolecular Hbond substituents is 2. The van der Waals surface area contributed by atoms with Gasteiger partial charge < -0.3 is 10.2 Å². The average Bonchev–Trinajstić information content (AvgIpc) is 2.58. The zero-order valence-corrected chi connectivity index (χ0v) is 12.2. The van der Waals surface area contributed by atoms with Crippen LogP contribution >= 0.6 is 0 Å². The Balaban J connectivity index is 1.83. The van der Waals surface area contributed by atoms with Gasteiger partial charge in [0.15, 0.2) is 17.3 Å². The first-order chi connectivity index (χ1) is 11.1. The summed E-state index contributed by atoms with van der Waals surface area (Å²) >= 11 is 0. The van der Waals surface area contributed by atoms with Gasteiger partial charge >= 0.3 is 0 Å². The first-order valence-corrected chi connectivity index (χ1v) is 7.04. The van der Waals surface area contributed by atoms with Crippen LogP contribution in [0.2, 0.25) is 0 Å². The number of aromatic nitrogens is 2. The molecule has 2 N–H and O–H groups in total. The molecule has 0 saturated heterocycles. The lowest BCUT2D eigenvalue weighted by atomic mass is 10.0. The molecule has 3 rings (SSSR count). The number of Topliss-reactive ketones (excluding diaryl/α,β-unsaturated/α-hetero) is 1. The zero-order chi connectivity index (χ0) is 16.2. The number of phenols is 2. The molecule has 5 nitrogen and oxygen atoms in total. The van der Waals surface area contributed by atoms with Gasteiger partial charge in [0.25, 0.3) is 0 Å². The number of hydrogen-bond acceptors (Lipinski definition) is 5. The molecule has 0 aliphatic carbocycles. The molecule has 3 aromatic rings. The maximum atomic E-state index is 12.3. The van der Waals surface area contributed by atoms with Crippen molar-refractivity contribution in [1.29, 1.82) is 0 Å². The fourth-order valence-corrected chi connectivity index (χ4v) is 2.26. The van der Waals surface area contributed by atoms with Crippen molar-refractivity contribution in [2.75, 3.05) is 0 Å². The number of rotatable bonds is 4. The molecule has 0 bridgehead atoms. The van der Waals surface area contributed by atoms with Crippen molar-refractivity contribution in [3.8, 4) is 22.6 Å². The Morgan fingerprint density at radius 2 is 1.61 bits per heavy atom. The summed E-state index contributed by atoms with van der Waals surface area (Å²) in [4.78, 5) is 20.5. The average molecular weight is 306 g/mol. The predicted octanol–water partition coefficient (Wildman–Crippen LogP) is 2.98. The summed E-state index contributed by atoms with van der Waals surface area (Å²) in [6.07, 6.45) is 5.19. The summed E-state index contributed by atoms with van der Waals surface area (Å²) in [5, 5.41) is 18.8. The van der Waals surface area contributed by atoms with Crippen LogP contribution in [0.25, 0.3) is 11.1 Å². The number of aromatic hydroxyl groups is 2. The molecule has 1 aromatic carbocycles. The van der Waals surface area contributed by atoms with Crippen LogP contribution in [0.15, 0.2) is 61.1 Å². The molecule has 0 spiro atoms.